The van der Waals surface area contributed by atoms with Gasteiger partial charge in [0.2, 0.25) is 0 Å². The van der Waals surface area contributed by atoms with Gasteiger partial charge in [-0.3, -0.25) is 0 Å². The molecule has 0 radical (unpaired) electrons. The largest absolute Gasteiger partial charge is 0.313 e. The number of piperidine rings is 1. The standard InChI is InChI=1S/C13H27N3/c1-11-4-6-14-12(8-11)9-16-7-5-13(10-16)15(2)3/h11-14H,4-10H2,1-3H3. The molecule has 2 heterocycles. The molecule has 0 aliphatic carbocycles. The van der Waals surface area contributed by atoms with Crippen molar-refractivity contribution < 1.29 is 0 Å². The molecule has 0 aromatic heterocycles. The van der Waals surface area contributed by atoms with E-state index in [-0.39, 0.29) is 0 Å². The number of likely N-dealkylation sites (tertiary alicyclic amines) is 1. The van der Waals surface area contributed by atoms with Gasteiger partial charge in [0, 0.05) is 25.2 Å². The Kier molecular flexibility index (Phi) is 4.22. The highest BCUT2D eigenvalue weighted by molar-refractivity contribution is 4.85. The number of nitrogens with one attached hydrogen (secondary N) is 1. The van der Waals surface area contributed by atoms with Crippen molar-refractivity contribution in [2.45, 2.75) is 38.3 Å². The average Bonchev–Trinajstić information content (AvgIpc) is 2.66. The van der Waals surface area contributed by atoms with Gasteiger partial charge in [-0.05, 0) is 52.4 Å². The van der Waals surface area contributed by atoms with E-state index in [0.717, 1.165) is 18.0 Å². The topological polar surface area (TPSA) is 18.5 Å². The molecular weight excluding hydrogens is 198 g/mol. The molecule has 3 unspecified atom stereocenters. The number of rotatable bonds is 3. The van der Waals surface area contributed by atoms with E-state index in [1.54, 1.807) is 0 Å². The van der Waals surface area contributed by atoms with Crippen LogP contribution in [0.25, 0.3) is 0 Å². The number of likely N-dealkylation sites (N-methyl/N-ethyl adjacent to an activating group) is 1. The van der Waals surface area contributed by atoms with Crippen LogP contribution in [-0.2, 0) is 0 Å². The minimum atomic E-state index is 0.740. The summed E-state index contributed by atoms with van der Waals surface area (Å²) in [5.74, 6) is 0.915. The van der Waals surface area contributed by atoms with Crippen LogP contribution in [0.3, 0.4) is 0 Å². The van der Waals surface area contributed by atoms with Gasteiger partial charge < -0.3 is 15.1 Å². The maximum Gasteiger partial charge on any atom is 0.0229 e. The van der Waals surface area contributed by atoms with Gasteiger partial charge in [0.1, 0.15) is 0 Å². The van der Waals surface area contributed by atoms with Gasteiger partial charge in [0.25, 0.3) is 0 Å². The Morgan fingerprint density at radius 1 is 1.31 bits per heavy atom. The van der Waals surface area contributed by atoms with E-state index in [9.17, 15) is 0 Å². The molecule has 3 nitrogen and oxygen atoms in total. The maximum atomic E-state index is 3.67. The molecule has 0 aromatic rings. The van der Waals surface area contributed by atoms with E-state index >= 15 is 0 Å². The molecule has 1 N–H and O–H groups in total. The summed E-state index contributed by atoms with van der Waals surface area (Å²) in [6.07, 6.45) is 4.06. The summed E-state index contributed by atoms with van der Waals surface area (Å²) in [7, 11) is 4.41. The van der Waals surface area contributed by atoms with Crippen LogP contribution in [0.15, 0.2) is 0 Å². The van der Waals surface area contributed by atoms with E-state index in [2.05, 4.69) is 36.1 Å². The summed E-state index contributed by atoms with van der Waals surface area (Å²) in [5, 5.41) is 3.67. The molecule has 2 saturated heterocycles. The van der Waals surface area contributed by atoms with E-state index in [4.69, 9.17) is 0 Å². The van der Waals surface area contributed by atoms with Crippen molar-refractivity contribution in [3.63, 3.8) is 0 Å². The predicted octanol–water partition coefficient (Wildman–Crippen LogP) is 1.01. The molecule has 2 aliphatic heterocycles. The smallest absolute Gasteiger partial charge is 0.0229 e. The molecule has 0 bridgehead atoms. The Balaban J connectivity index is 1.74. The Hall–Kier alpha value is -0.120. The second-order valence-corrected chi connectivity index (χ2v) is 5.95. The molecule has 2 rings (SSSR count). The third-order valence-electron chi connectivity index (χ3n) is 4.21. The lowest BCUT2D eigenvalue weighted by atomic mass is 9.94. The van der Waals surface area contributed by atoms with Crippen LogP contribution < -0.4 is 5.32 Å². The van der Waals surface area contributed by atoms with Crippen LogP contribution in [0.4, 0.5) is 0 Å². The molecule has 0 amide bonds. The predicted molar refractivity (Wildman–Crippen MR) is 68.7 cm³/mol. The van der Waals surface area contributed by atoms with Crippen molar-refractivity contribution in [1.82, 2.24) is 15.1 Å². The fourth-order valence-electron chi connectivity index (χ4n) is 3.07. The highest BCUT2D eigenvalue weighted by Crippen LogP contribution is 2.18. The van der Waals surface area contributed by atoms with Crippen LogP contribution in [-0.4, -0.2) is 62.2 Å². The average molecular weight is 225 g/mol. The number of hydrogen-bond donors (Lipinski definition) is 1. The second kappa shape index (κ2) is 5.48. The second-order valence-electron chi connectivity index (χ2n) is 5.95. The van der Waals surface area contributed by atoms with Crippen LogP contribution in [0.1, 0.15) is 26.2 Å². The maximum absolute atomic E-state index is 3.67. The van der Waals surface area contributed by atoms with E-state index in [1.807, 2.05) is 0 Å². The highest BCUT2D eigenvalue weighted by Gasteiger charge is 2.27. The zero-order valence-electron chi connectivity index (χ0n) is 11.1. The quantitative estimate of drug-likeness (QED) is 0.773. The van der Waals surface area contributed by atoms with Gasteiger partial charge in [0.15, 0.2) is 0 Å². The summed E-state index contributed by atoms with van der Waals surface area (Å²) >= 11 is 0. The van der Waals surface area contributed by atoms with Crippen molar-refractivity contribution in [1.29, 1.82) is 0 Å². The third-order valence-corrected chi connectivity index (χ3v) is 4.21. The van der Waals surface area contributed by atoms with Crippen molar-refractivity contribution in [2.75, 3.05) is 40.3 Å². The fourth-order valence-corrected chi connectivity index (χ4v) is 3.07. The van der Waals surface area contributed by atoms with Gasteiger partial charge >= 0.3 is 0 Å². The number of nitrogens with zero attached hydrogens (tertiary/aromatic N) is 2. The molecular formula is C13H27N3. The van der Waals surface area contributed by atoms with Crippen molar-refractivity contribution in [3.8, 4) is 0 Å². The first-order valence-electron chi connectivity index (χ1n) is 6.77. The van der Waals surface area contributed by atoms with Crippen LogP contribution in [0.5, 0.6) is 0 Å². The lowest BCUT2D eigenvalue weighted by Crippen LogP contribution is -2.45. The summed E-state index contributed by atoms with van der Waals surface area (Å²) in [4.78, 5) is 5.01. The van der Waals surface area contributed by atoms with Gasteiger partial charge in [0.05, 0.1) is 0 Å². The minimum absolute atomic E-state index is 0.740. The summed E-state index contributed by atoms with van der Waals surface area (Å²) < 4.78 is 0. The van der Waals surface area contributed by atoms with Crippen LogP contribution in [0, 0.1) is 5.92 Å². The number of hydrogen-bond acceptors (Lipinski definition) is 3. The molecule has 2 fully saturated rings. The van der Waals surface area contributed by atoms with Crippen LogP contribution >= 0.6 is 0 Å². The first-order chi connectivity index (χ1) is 7.65. The van der Waals surface area contributed by atoms with Gasteiger partial charge in [-0.1, -0.05) is 6.92 Å². The van der Waals surface area contributed by atoms with Gasteiger partial charge in [-0.15, -0.1) is 0 Å². The molecule has 0 saturated carbocycles. The summed E-state index contributed by atoms with van der Waals surface area (Å²) in [5.41, 5.74) is 0. The molecule has 3 heteroatoms. The molecule has 2 aliphatic rings. The Labute approximate surface area is 100 Å². The fraction of sp³-hybridized carbons (Fsp3) is 1.00. The SMILES string of the molecule is CC1CCNC(CN2CCC(N(C)C)C2)C1. The highest BCUT2D eigenvalue weighted by atomic mass is 15.2. The Morgan fingerprint density at radius 2 is 2.12 bits per heavy atom. The van der Waals surface area contributed by atoms with Crippen molar-refractivity contribution in [2.24, 2.45) is 5.92 Å². The van der Waals surface area contributed by atoms with Crippen molar-refractivity contribution >= 4 is 0 Å². The normalized spacial score (nSPS) is 37.1. The zero-order chi connectivity index (χ0) is 11.5. The van der Waals surface area contributed by atoms with E-state index in [0.29, 0.717) is 0 Å². The molecule has 16 heavy (non-hydrogen) atoms. The zero-order valence-corrected chi connectivity index (χ0v) is 11.1. The first-order valence-corrected chi connectivity index (χ1v) is 6.77. The Bertz CT molecular complexity index is 217. The lowest BCUT2D eigenvalue weighted by Gasteiger charge is -2.31. The van der Waals surface area contributed by atoms with Gasteiger partial charge in [-0.25, -0.2) is 0 Å². The van der Waals surface area contributed by atoms with Crippen LogP contribution in [0.2, 0.25) is 0 Å². The lowest BCUT2D eigenvalue weighted by molar-refractivity contribution is 0.218. The molecule has 3 atom stereocenters. The van der Waals surface area contributed by atoms with E-state index < -0.39 is 0 Å². The van der Waals surface area contributed by atoms with E-state index in [1.165, 1.54) is 45.4 Å². The summed E-state index contributed by atoms with van der Waals surface area (Å²) in [6.45, 7) is 7.42. The molecule has 0 aromatic carbocycles. The monoisotopic (exact) mass is 225 g/mol. The first kappa shape index (κ1) is 12.3. The molecule has 94 valence electrons. The minimum Gasteiger partial charge on any atom is -0.313 e. The Morgan fingerprint density at radius 3 is 2.75 bits per heavy atom. The summed E-state index contributed by atoms with van der Waals surface area (Å²) in [6, 6.07) is 1.52. The molecule has 0 spiro atoms. The van der Waals surface area contributed by atoms with Gasteiger partial charge in [-0.2, -0.15) is 0 Å². The third kappa shape index (κ3) is 3.19. The van der Waals surface area contributed by atoms with Crippen molar-refractivity contribution in [3.05, 3.63) is 0 Å².